The van der Waals surface area contributed by atoms with Crippen molar-refractivity contribution in [1.82, 2.24) is 9.97 Å². The summed E-state index contributed by atoms with van der Waals surface area (Å²) < 4.78 is 1.24. The van der Waals surface area contributed by atoms with Gasteiger partial charge in [0, 0.05) is 32.8 Å². The molecule has 3 rings (SSSR count). The number of anilines is 1. The van der Waals surface area contributed by atoms with Crippen molar-refractivity contribution in [1.29, 1.82) is 0 Å². The number of hydrazine groups is 1. The second-order valence-corrected chi connectivity index (χ2v) is 5.12. The molecule has 0 amide bonds. The van der Waals surface area contributed by atoms with Gasteiger partial charge in [0.25, 0.3) is 0 Å². The summed E-state index contributed by atoms with van der Waals surface area (Å²) in [6.45, 7) is 2.07. The maximum absolute atomic E-state index is 5.47. The predicted molar refractivity (Wildman–Crippen MR) is 80.0 cm³/mol. The Kier molecular flexibility index (Phi) is 3.15. The summed E-state index contributed by atoms with van der Waals surface area (Å²) in [5.41, 5.74) is 4.65. The topological polar surface area (TPSA) is 63.8 Å². The van der Waals surface area contributed by atoms with Gasteiger partial charge in [-0.05, 0) is 12.5 Å². The molecule has 0 spiro atoms. The molecule has 0 saturated carbocycles. The van der Waals surface area contributed by atoms with Crippen LogP contribution in [0.5, 0.6) is 0 Å². The van der Waals surface area contributed by atoms with Crippen LogP contribution in [0.25, 0.3) is 21.5 Å². The van der Waals surface area contributed by atoms with Crippen LogP contribution in [0, 0.1) is 0 Å². The summed E-state index contributed by atoms with van der Waals surface area (Å²) in [5.74, 6) is 6.85. The summed E-state index contributed by atoms with van der Waals surface area (Å²) in [5, 5.41) is 3.28. The highest BCUT2D eigenvalue weighted by molar-refractivity contribution is 7.17. The maximum Gasteiger partial charge on any atom is 0.163 e. The van der Waals surface area contributed by atoms with Gasteiger partial charge < -0.3 is 5.43 Å². The SMILES string of the molecule is CCc1cc(NN)nc(-c2csc3ccccc23)n1. The van der Waals surface area contributed by atoms with Crippen molar-refractivity contribution in [3.05, 3.63) is 41.4 Å². The first kappa shape index (κ1) is 12.1. The van der Waals surface area contributed by atoms with Gasteiger partial charge in [-0.1, -0.05) is 25.1 Å². The lowest BCUT2D eigenvalue weighted by atomic mass is 10.1. The lowest BCUT2D eigenvalue weighted by molar-refractivity contribution is 1.00. The van der Waals surface area contributed by atoms with Crippen molar-refractivity contribution in [2.24, 2.45) is 5.84 Å². The van der Waals surface area contributed by atoms with E-state index >= 15 is 0 Å². The largest absolute Gasteiger partial charge is 0.308 e. The highest BCUT2D eigenvalue weighted by atomic mass is 32.1. The Morgan fingerprint density at radius 3 is 2.89 bits per heavy atom. The number of hydrogen-bond donors (Lipinski definition) is 2. The number of nitrogens with two attached hydrogens (primary N) is 1. The fourth-order valence-corrected chi connectivity index (χ4v) is 2.96. The molecule has 1 aromatic carbocycles. The van der Waals surface area contributed by atoms with Crippen molar-refractivity contribution >= 4 is 27.2 Å². The van der Waals surface area contributed by atoms with Crippen LogP contribution in [0.1, 0.15) is 12.6 Å². The molecule has 0 unspecified atom stereocenters. The van der Waals surface area contributed by atoms with E-state index in [2.05, 4.69) is 39.8 Å². The van der Waals surface area contributed by atoms with Gasteiger partial charge in [-0.25, -0.2) is 15.8 Å². The number of aryl methyl sites for hydroxylation is 1. The third-order valence-corrected chi connectivity index (χ3v) is 3.97. The minimum atomic E-state index is 0.650. The van der Waals surface area contributed by atoms with Gasteiger partial charge >= 0.3 is 0 Å². The normalized spacial score (nSPS) is 10.8. The molecule has 0 aliphatic heterocycles. The smallest absolute Gasteiger partial charge is 0.163 e. The number of thiophene rings is 1. The van der Waals surface area contributed by atoms with E-state index in [1.807, 2.05) is 18.2 Å². The number of fused-ring (bicyclic) bond motifs is 1. The summed E-state index contributed by atoms with van der Waals surface area (Å²) in [7, 11) is 0. The number of rotatable bonds is 3. The fourth-order valence-electron chi connectivity index (χ4n) is 2.02. The van der Waals surface area contributed by atoms with Gasteiger partial charge in [-0.3, -0.25) is 0 Å². The monoisotopic (exact) mass is 270 g/mol. The van der Waals surface area contributed by atoms with Crippen LogP contribution >= 0.6 is 11.3 Å². The molecule has 19 heavy (non-hydrogen) atoms. The number of benzene rings is 1. The molecule has 3 N–H and O–H groups in total. The molecule has 96 valence electrons. The van der Waals surface area contributed by atoms with Crippen LogP contribution in [0.15, 0.2) is 35.7 Å². The Balaban J connectivity index is 2.20. The third kappa shape index (κ3) is 2.18. The molecule has 0 aliphatic rings. The Bertz CT molecular complexity index is 698. The van der Waals surface area contributed by atoms with Gasteiger partial charge in [0.1, 0.15) is 5.82 Å². The molecule has 5 heteroatoms. The molecule has 0 saturated heterocycles. The first-order valence-corrected chi connectivity index (χ1v) is 7.01. The van der Waals surface area contributed by atoms with Crippen molar-refractivity contribution < 1.29 is 0 Å². The minimum Gasteiger partial charge on any atom is -0.308 e. The van der Waals surface area contributed by atoms with E-state index in [0.29, 0.717) is 5.82 Å². The second-order valence-electron chi connectivity index (χ2n) is 4.21. The van der Waals surface area contributed by atoms with Crippen molar-refractivity contribution in [3.63, 3.8) is 0 Å². The van der Waals surface area contributed by atoms with E-state index in [4.69, 9.17) is 5.84 Å². The Labute approximate surface area is 115 Å². The minimum absolute atomic E-state index is 0.650. The van der Waals surface area contributed by atoms with Gasteiger partial charge in [-0.2, -0.15) is 0 Å². The summed E-state index contributed by atoms with van der Waals surface area (Å²) in [4.78, 5) is 9.04. The number of nitrogens with one attached hydrogen (secondary N) is 1. The molecule has 2 aromatic heterocycles. The van der Waals surface area contributed by atoms with E-state index in [0.717, 1.165) is 23.5 Å². The van der Waals surface area contributed by atoms with E-state index in [1.165, 1.54) is 10.1 Å². The summed E-state index contributed by atoms with van der Waals surface area (Å²) in [6, 6.07) is 10.1. The number of aromatic nitrogens is 2. The highest BCUT2D eigenvalue weighted by Gasteiger charge is 2.10. The van der Waals surface area contributed by atoms with Gasteiger partial charge in [-0.15, -0.1) is 11.3 Å². The Morgan fingerprint density at radius 1 is 1.26 bits per heavy atom. The fraction of sp³-hybridized carbons (Fsp3) is 0.143. The van der Waals surface area contributed by atoms with Crippen molar-refractivity contribution in [2.45, 2.75) is 13.3 Å². The lowest BCUT2D eigenvalue weighted by Crippen LogP contribution is -2.10. The predicted octanol–water partition coefficient (Wildman–Crippen LogP) is 3.21. The molecule has 0 radical (unpaired) electrons. The van der Waals surface area contributed by atoms with E-state index in [1.54, 1.807) is 11.3 Å². The van der Waals surface area contributed by atoms with Gasteiger partial charge in [0.05, 0.1) is 0 Å². The molecule has 4 nitrogen and oxygen atoms in total. The van der Waals surface area contributed by atoms with Crippen LogP contribution < -0.4 is 11.3 Å². The molecule has 0 atom stereocenters. The zero-order chi connectivity index (χ0) is 13.2. The third-order valence-electron chi connectivity index (χ3n) is 3.01. The molecular weight excluding hydrogens is 256 g/mol. The highest BCUT2D eigenvalue weighted by Crippen LogP contribution is 2.32. The average Bonchev–Trinajstić information content (AvgIpc) is 2.90. The van der Waals surface area contributed by atoms with Crippen LogP contribution in [0.3, 0.4) is 0 Å². The van der Waals surface area contributed by atoms with E-state index < -0.39 is 0 Å². The molecule has 2 heterocycles. The van der Waals surface area contributed by atoms with Crippen molar-refractivity contribution in [3.8, 4) is 11.4 Å². The Morgan fingerprint density at radius 2 is 2.11 bits per heavy atom. The summed E-state index contributed by atoms with van der Waals surface area (Å²) >= 11 is 1.70. The quantitative estimate of drug-likeness (QED) is 0.566. The number of hydrogen-bond acceptors (Lipinski definition) is 5. The van der Waals surface area contributed by atoms with Crippen LogP contribution in [0.4, 0.5) is 5.82 Å². The van der Waals surface area contributed by atoms with Crippen molar-refractivity contribution in [2.75, 3.05) is 5.43 Å². The summed E-state index contributed by atoms with van der Waals surface area (Å²) in [6.07, 6.45) is 0.853. The van der Waals surface area contributed by atoms with Crippen LogP contribution in [-0.2, 0) is 6.42 Å². The average molecular weight is 270 g/mol. The standard InChI is InChI=1S/C14H14N4S/c1-2-9-7-13(18-15)17-14(16-9)11-8-19-12-6-4-3-5-10(11)12/h3-8H,2,15H2,1H3,(H,16,17,18). The zero-order valence-electron chi connectivity index (χ0n) is 10.6. The second kappa shape index (κ2) is 4.95. The maximum atomic E-state index is 5.47. The Hall–Kier alpha value is -1.98. The number of nitrogen functional groups attached to an aromatic ring is 1. The molecule has 0 bridgehead atoms. The van der Waals surface area contributed by atoms with Gasteiger partial charge in [0.2, 0.25) is 0 Å². The molecule has 3 aromatic rings. The molecule has 0 aliphatic carbocycles. The molecule has 0 fully saturated rings. The molecular formula is C14H14N4S. The zero-order valence-corrected chi connectivity index (χ0v) is 11.4. The van der Waals surface area contributed by atoms with Crippen LogP contribution in [0.2, 0.25) is 0 Å². The lowest BCUT2D eigenvalue weighted by Gasteiger charge is -2.05. The number of nitrogens with zero attached hydrogens (tertiary/aromatic N) is 2. The first-order chi connectivity index (χ1) is 9.31. The van der Waals surface area contributed by atoms with E-state index in [9.17, 15) is 0 Å². The van der Waals surface area contributed by atoms with Gasteiger partial charge in [0.15, 0.2) is 5.82 Å². The van der Waals surface area contributed by atoms with Crippen LogP contribution in [-0.4, -0.2) is 9.97 Å². The first-order valence-electron chi connectivity index (χ1n) is 6.13. The van der Waals surface area contributed by atoms with E-state index in [-0.39, 0.29) is 0 Å².